The van der Waals surface area contributed by atoms with Gasteiger partial charge >= 0.3 is 11.8 Å². The molecule has 0 saturated carbocycles. The Morgan fingerprint density at radius 3 is 2.07 bits per heavy atom. The average molecular weight is 387 g/mol. The van der Waals surface area contributed by atoms with E-state index in [1.807, 2.05) is 31.2 Å². The average Bonchev–Trinajstić information content (AvgIpc) is 3.26. The highest BCUT2D eigenvalue weighted by Gasteiger charge is 2.31. The Hall–Kier alpha value is -2.57. The summed E-state index contributed by atoms with van der Waals surface area (Å²) in [4.78, 5) is 41.9. The van der Waals surface area contributed by atoms with Gasteiger partial charge in [-0.3, -0.25) is 14.4 Å². The first-order chi connectivity index (χ1) is 13.6. The summed E-state index contributed by atoms with van der Waals surface area (Å²) in [6, 6.07) is 7.82. The molecule has 0 unspecified atom stereocenters. The lowest BCUT2D eigenvalue weighted by Crippen LogP contribution is -2.54. The smallest absolute Gasteiger partial charge is 0.312 e. The van der Waals surface area contributed by atoms with Crippen molar-refractivity contribution in [2.24, 2.45) is 0 Å². The molecule has 1 aromatic rings. The van der Waals surface area contributed by atoms with Crippen LogP contribution in [0.25, 0.3) is 0 Å². The van der Waals surface area contributed by atoms with Crippen LogP contribution in [0.5, 0.6) is 5.75 Å². The van der Waals surface area contributed by atoms with Crippen molar-refractivity contribution in [3.63, 3.8) is 0 Å². The molecule has 0 aliphatic carbocycles. The van der Waals surface area contributed by atoms with Gasteiger partial charge in [-0.1, -0.05) is 18.2 Å². The highest BCUT2D eigenvalue weighted by Crippen LogP contribution is 2.16. The molecule has 28 heavy (non-hydrogen) atoms. The van der Waals surface area contributed by atoms with Gasteiger partial charge in [0.25, 0.3) is 0 Å². The maximum Gasteiger partial charge on any atom is 0.312 e. The Balaban J connectivity index is 1.36. The minimum Gasteiger partial charge on any atom is -0.493 e. The van der Waals surface area contributed by atoms with Crippen molar-refractivity contribution in [1.82, 2.24) is 14.7 Å². The molecule has 0 spiro atoms. The lowest BCUT2D eigenvalue weighted by Gasteiger charge is -2.35. The normalized spacial score (nSPS) is 17.0. The van der Waals surface area contributed by atoms with Gasteiger partial charge in [0.1, 0.15) is 5.75 Å². The molecule has 152 valence electrons. The van der Waals surface area contributed by atoms with Crippen LogP contribution in [0.2, 0.25) is 0 Å². The fourth-order valence-electron chi connectivity index (χ4n) is 3.63. The molecule has 3 rings (SSSR count). The molecule has 0 atom stereocenters. The molecule has 7 heteroatoms. The molecule has 0 bridgehead atoms. The van der Waals surface area contributed by atoms with Gasteiger partial charge < -0.3 is 19.4 Å². The summed E-state index contributed by atoms with van der Waals surface area (Å²) in [5, 5.41) is 0. The first-order valence-electron chi connectivity index (χ1n) is 10.1. The van der Waals surface area contributed by atoms with E-state index in [1.165, 1.54) is 0 Å². The minimum atomic E-state index is -0.430. The molecule has 2 aliphatic heterocycles. The van der Waals surface area contributed by atoms with Crippen LogP contribution in [0.1, 0.15) is 31.2 Å². The fraction of sp³-hybridized carbons (Fsp3) is 0.571. The third-order valence-electron chi connectivity index (χ3n) is 5.38. The molecule has 2 saturated heterocycles. The molecule has 7 nitrogen and oxygen atoms in total. The number of carbonyl (C=O) groups is 3. The van der Waals surface area contributed by atoms with E-state index in [4.69, 9.17) is 4.74 Å². The Morgan fingerprint density at radius 2 is 1.43 bits per heavy atom. The monoisotopic (exact) mass is 387 g/mol. The number of hydrogen-bond donors (Lipinski definition) is 0. The minimum absolute atomic E-state index is 0.0753. The molecule has 2 heterocycles. The summed E-state index contributed by atoms with van der Waals surface area (Å²) in [6.45, 7) is 5.65. The molecule has 1 aromatic carbocycles. The predicted octanol–water partition coefficient (Wildman–Crippen LogP) is 1.45. The van der Waals surface area contributed by atoms with E-state index in [1.54, 1.807) is 14.7 Å². The van der Waals surface area contributed by atoms with Crippen molar-refractivity contribution in [3.05, 3.63) is 29.8 Å². The number of nitrogens with zero attached hydrogens (tertiary/aromatic N) is 3. The SMILES string of the molecule is Cc1ccccc1OCCCC(=O)N1CCN(C(=O)C(=O)N2CCCC2)CC1. The van der Waals surface area contributed by atoms with E-state index in [2.05, 4.69) is 0 Å². The molecule has 2 fully saturated rings. The van der Waals surface area contributed by atoms with Crippen molar-refractivity contribution >= 4 is 17.7 Å². The quantitative estimate of drug-likeness (QED) is 0.566. The number of aryl methyl sites for hydroxylation is 1. The molecule has 0 radical (unpaired) electrons. The first-order valence-corrected chi connectivity index (χ1v) is 10.1. The number of para-hydroxylation sites is 1. The summed E-state index contributed by atoms with van der Waals surface area (Å²) >= 11 is 0. The van der Waals surface area contributed by atoms with Gasteiger partial charge in [-0.2, -0.15) is 0 Å². The van der Waals surface area contributed by atoms with E-state index >= 15 is 0 Å². The molecule has 0 N–H and O–H groups in total. The summed E-state index contributed by atoms with van der Waals surface area (Å²) in [5.41, 5.74) is 1.08. The second-order valence-electron chi connectivity index (χ2n) is 7.39. The standard InChI is InChI=1S/C21H29N3O4/c1-17-7-2-3-8-18(17)28-16-6-9-19(25)22-12-14-24(15-13-22)21(27)20(26)23-10-4-5-11-23/h2-3,7-8H,4-6,9-16H2,1H3. The number of carbonyl (C=O) groups excluding carboxylic acids is 3. The highest BCUT2D eigenvalue weighted by molar-refractivity contribution is 6.35. The predicted molar refractivity (Wildman–Crippen MR) is 105 cm³/mol. The third-order valence-corrected chi connectivity index (χ3v) is 5.38. The van der Waals surface area contributed by atoms with Crippen LogP contribution in [0.4, 0.5) is 0 Å². The number of piperazine rings is 1. The number of amides is 3. The van der Waals surface area contributed by atoms with Gasteiger partial charge in [0.05, 0.1) is 6.61 Å². The van der Waals surface area contributed by atoms with Crippen LogP contribution in [0.15, 0.2) is 24.3 Å². The zero-order valence-electron chi connectivity index (χ0n) is 16.6. The maximum absolute atomic E-state index is 12.4. The fourth-order valence-corrected chi connectivity index (χ4v) is 3.63. The van der Waals surface area contributed by atoms with Crippen molar-refractivity contribution < 1.29 is 19.1 Å². The topological polar surface area (TPSA) is 70.2 Å². The molecular formula is C21H29N3O4. The van der Waals surface area contributed by atoms with Gasteiger partial charge in [-0.15, -0.1) is 0 Å². The van der Waals surface area contributed by atoms with Gasteiger partial charge in [0, 0.05) is 45.7 Å². The second-order valence-corrected chi connectivity index (χ2v) is 7.39. The van der Waals surface area contributed by atoms with Crippen LogP contribution >= 0.6 is 0 Å². The lowest BCUT2D eigenvalue weighted by atomic mass is 10.2. The number of hydrogen-bond acceptors (Lipinski definition) is 4. The Bertz CT molecular complexity index is 707. The summed E-state index contributed by atoms with van der Waals surface area (Å²) in [7, 11) is 0. The van der Waals surface area contributed by atoms with Crippen molar-refractivity contribution in [3.8, 4) is 5.75 Å². The largest absolute Gasteiger partial charge is 0.493 e. The zero-order chi connectivity index (χ0) is 19.9. The third kappa shape index (κ3) is 5.03. The van der Waals surface area contributed by atoms with Crippen molar-refractivity contribution in [2.45, 2.75) is 32.6 Å². The van der Waals surface area contributed by atoms with Crippen LogP contribution in [-0.4, -0.2) is 78.3 Å². The zero-order valence-corrected chi connectivity index (χ0v) is 16.6. The number of likely N-dealkylation sites (tertiary alicyclic amines) is 1. The number of ether oxygens (including phenoxy) is 1. The van der Waals surface area contributed by atoms with Gasteiger partial charge in [0.2, 0.25) is 5.91 Å². The van der Waals surface area contributed by atoms with E-state index in [0.29, 0.717) is 58.7 Å². The molecule has 0 aromatic heterocycles. The molecule has 2 aliphatic rings. The van der Waals surface area contributed by atoms with Crippen LogP contribution in [-0.2, 0) is 14.4 Å². The van der Waals surface area contributed by atoms with Gasteiger partial charge in [0.15, 0.2) is 0 Å². The Labute approximate surface area is 166 Å². The van der Waals surface area contributed by atoms with E-state index in [9.17, 15) is 14.4 Å². The first kappa shape index (κ1) is 20.2. The molecule has 3 amide bonds. The number of rotatable bonds is 5. The second kappa shape index (κ2) is 9.57. The van der Waals surface area contributed by atoms with Crippen molar-refractivity contribution in [2.75, 3.05) is 45.9 Å². The summed E-state index contributed by atoms with van der Waals surface area (Å²) < 4.78 is 5.73. The van der Waals surface area contributed by atoms with Gasteiger partial charge in [-0.25, -0.2) is 0 Å². The van der Waals surface area contributed by atoms with Crippen LogP contribution in [0, 0.1) is 6.92 Å². The van der Waals surface area contributed by atoms with Gasteiger partial charge in [-0.05, 0) is 37.8 Å². The van der Waals surface area contributed by atoms with Crippen LogP contribution < -0.4 is 4.74 Å². The highest BCUT2D eigenvalue weighted by atomic mass is 16.5. The van der Waals surface area contributed by atoms with E-state index in [-0.39, 0.29) is 5.91 Å². The number of benzene rings is 1. The Morgan fingerprint density at radius 1 is 0.857 bits per heavy atom. The maximum atomic E-state index is 12.4. The molecular weight excluding hydrogens is 358 g/mol. The summed E-state index contributed by atoms with van der Waals surface area (Å²) in [5.74, 6) is 0.0994. The van der Waals surface area contributed by atoms with E-state index in [0.717, 1.165) is 24.2 Å². The van der Waals surface area contributed by atoms with Crippen LogP contribution in [0.3, 0.4) is 0 Å². The lowest BCUT2D eigenvalue weighted by molar-refractivity contribution is -0.153. The van der Waals surface area contributed by atoms with Crippen molar-refractivity contribution in [1.29, 1.82) is 0 Å². The summed E-state index contributed by atoms with van der Waals surface area (Å²) in [6.07, 6.45) is 3.01. The Kier molecular flexibility index (Phi) is 6.90. The van der Waals surface area contributed by atoms with E-state index < -0.39 is 11.8 Å².